The van der Waals surface area contributed by atoms with E-state index in [0.717, 1.165) is 5.56 Å². The molecule has 1 aromatic rings. The van der Waals surface area contributed by atoms with E-state index in [1.807, 2.05) is 0 Å². The van der Waals surface area contributed by atoms with Gasteiger partial charge in [-0.05, 0) is 46.5 Å². The van der Waals surface area contributed by atoms with Crippen molar-refractivity contribution >= 4 is 33.2 Å². The predicted molar refractivity (Wildman–Crippen MR) is 60.9 cm³/mol. The van der Waals surface area contributed by atoms with E-state index in [4.69, 9.17) is 11.6 Å². The van der Waals surface area contributed by atoms with Crippen molar-refractivity contribution in [2.24, 2.45) is 0 Å². The molecule has 6 heteroatoms. The first-order valence-electron chi connectivity index (χ1n) is 4.69. The molecular weight excluding hydrogens is 306 g/mol. The molecule has 0 saturated carbocycles. The minimum Gasteiger partial charge on any atom is -0.373 e. The Hall–Kier alpha value is -0.420. The lowest BCUT2D eigenvalue weighted by atomic mass is 9.98. The Kier molecular flexibility index (Phi) is 3.09. The van der Waals surface area contributed by atoms with Crippen molar-refractivity contribution in [2.75, 3.05) is 5.32 Å². The number of nitrogens with one attached hydrogen (secondary N) is 1. The fraction of sp³-hybridized carbons (Fsp3) is 0.400. The summed E-state index contributed by atoms with van der Waals surface area (Å²) in [5.74, 6) is 0. The van der Waals surface area contributed by atoms with Crippen molar-refractivity contribution in [1.82, 2.24) is 0 Å². The Morgan fingerprint density at radius 2 is 2.06 bits per heavy atom. The topological polar surface area (TPSA) is 12.0 Å². The Bertz CT molecular complexity index is 419. The van der Waals surface area contributed by atoms with Crippen molar-refractivity contribution in [2.45, 2.75) is 25.1 Å². The van der Waals surface area contributed by atoms with Gasteiger partial charge in [0.15, 0.2) is 0 Å². The third-order valence-corrected chi connectivity index (χ3v) is 3.40. The molecule has 0 bridgehead atoms. The van der Waals surface area contributed by atoms with E-state index in [9.17, 15) is 13.2 Å². The van der Waals surface area contributed by atoms with Gasteiger partial charge in [0, 0.05) is 9.50 Å². The molecule has 2 rings (SSSR count). The molecule has 16 heavy (non-hydrogen) atoms. The van der Waals surface area contributed by atoms with Gasteiger partial charge in [-0.25, -0.2) is 0 Å². The highest BCUT2D eigenvalue weighted by atomic mass is 79.9. The summed E-state index contributed by atoms with van der Waals surface area (Å²) in [5.41, 5.74) is 1.32. The van der Waals surface area contributed by atoms with E-state index in [1.165, 1.54) is 0 Å². The largest absolute Gasteiger partial charge is 0.408 e. The van der Waals surface area contributed by atoms with Crippen LogP contribution in [0.15, 0.2) is 16.6 Å². The molecule has 1 aromatic carbocycles. The monoisotopic (exact) mass is 313 g/mol. The standard InChI is InChI=1S/C10H8BrClF3N/c11-7-4-6(12)3-5-1-2-8(10(13,14)15)16-9(5)7/h3-4,8,16H,1-2H2. The number of anilines is 1. The molecule has 1 unspecified atom stereocenters. The Morgan fingerprint density at radius 1 is 1.38 bits per heavy atom. The second kappa shape index (κ2) is 4.11. The van der Waals surface area contributed by atoms with Crippen LogP contribution in [0.2, 0.25) is 5.02 Å². The van der Waals surface area contributed by atoms with Gasteiger partial charge in [0.05, 0.1) is 5.69 Å². The van der Waals surface area contributed by atoms with Gasteiger partial charge in [0.1, 0.15) is 6.04 Å². The van der Waals surface area contributed by atoms with E-state index >= 15 is 0 Å². The van der Waals surface area contributed by atoms with Gasteiger partial charge < -0.3 is 5.32 Å². The Balaban J connectivity index is 2.34. The molecule has 1 atom stereocenters. The van der Waals surface area contributed by atoms with Gasteiger partial charge in [0.25, 0.3) is 0 Å². The molecule has 1 aliphatic rings. The summed E-state index contributed by atoms with van der Waals surface area (Å²) in [6.07, 6.45) is -3.79. The van der Waals surface area contributed by atoms with Crippen molar-refractivity contribution in [3.63, 3.8) is 0 Å². The van der Waals surface area contributed by atoms with Crippen LogP contribution in [-0.4, -0.2) is 12.2 Å². The molecule has 0 aliphatic carbocycles. The number of benzene rings is 1. The fourth-order valence-electron chi connectivity index (χ4n) is 1.78. The van der Waals surface area contributed by atoms with Crippen LogP contribution in [-0.2, 0) is 6.42 Å². The average molecular weight is 315 g/mol. The quantitative estimate of drug-likeness (QED) is 0.749. The predicted octanol–water partition coefficient (Wildman–Crippen LogP) is 4.39. The zero-order valence-electron chi connectivity index (χ0n) is 8.04. The Labute approximate surface area is 104 Å². The first-order chi connectivity index (χ1) is 7.38. The van der Waals surface area contributed by atoms with E-state index in [-0.39, 0.29) is 6.42 Å². The summed E-state index contributed by atoms with van der Waals surface area (Å²) < 4.78 is 38.2. The fourth-order valence-corrected chi connectivity index (χ4v) is 2.77. The molecule has 1 heterocycles. The summed E-state index contributed by atoms with van der Waals surface area (Å²) in [6, 6.07) is 1.81. The van der Waals surface area contributed by atoms with Crippen molar-refractivity contribution in [3.05, 3.63) is 27.2 Å². The molecule has 0 aromatic heterocycles. The maximum absolute atomic E-state index is 12.5. The molecule has 88 valence electrons. The molecule has 1 nitrogen and oxygen atoms in total. The maximum atomic E-state index is 12.5. The minimum absolute atomic E-state index is 0.0449. The summed E-state index contributed by atoms with van der Waals surface area (Å²) in [4.78, 5) is 0. The number of aryl methyl sites for hydroxylation is 1. The molecule has 0 saturated heterocycles. The van der Waals surface area contributed by atoms with Gasteiger partial charge in [-0.1, -0.05) is 11.6 Å². The third kappa shape index (κ3) is 2.30. The van der Waals surface area contributed by atoms with Gasteiger partial charge in [-0.2, -0.15) is 13.2 Å². The average Bonchev–Trinajstić information content (AvgIpc) is 2.15. The molecule has 0 fully saturated rings. The second-order valence-electron chi connectivity index (χ2n) is 3.70. The van der Waals surface area contributed by atoms with Crippen molar-refractivity contribution in [3.8, 4) is 0 Å². The van der Waals surface area contributed by atoms with Crippen LogP contribution in [0.3, 0.4) is 0 Å². The van der Waals surface area contributed by atoms with Gasteiger partial charge in [-0.15, -0.1) is 0 Å². The summed E-state index contributed by atoms with van der Waals surface area (Å²) in [6.45, 7) is 0. The van der Waals surface area contributed by atoms with Crippen LogP contribution < -0.4 is 5.32 Å². The van der Waals surface area contributed by atoms with Crippen LogP contribution in [0.4, 0.5) is 18.9 Å². The van der Waals surface area contributed by atoms with Crippen LogP contribution in [0, 0.1) is 0 Å². The van der Waals surface area contributed by atoms with E-state index < -0.39 is 12.2 Å². The Morgan fingerprint density at radius 3 is 2.69 bits per heavy atom. The molecule has 0 spiro atoms. The smallest absolute Gasteiger partial charge is 0.373 e. The molecule has 0 amide bonds. The summed E-state index contributed by atoms with van der Waals surface area (Å²) >= 11 is 9.04. The molecule has 0 radical (unpaired) electrons. The summed E-state index contributed by atoms with van der Waals surface area (Å²) in [7, 11) is 0. The van der Waals surface area contributed by atoms with Crippen LogP contribution in [0.1, 0.15) is 12.0 Å². The van der Waals surface area contributed by atoms with Crippen molar-refractivity contribution < 1.29 is 13.2 Å². The van der Waals surface area contributed by atoms with E-state index in [2.05, 4.69) is 21.2 Å². The molecule has 1 aliphatic heterocycles. The van der Waals surface area contributed by atoms with Crippen LogP contribution in [0.5, 0.6) is 0 Å². The highest BCUT2D eigenvalue weighted by molar-refractivity contribution is 9.10. The SMILES string of the molecule is FC(F)(F)C1CCc2cc(Cl)cc(Br)c2N1. The van der Waals surface area contributed by atoms with Gasteiger partial charge >= 0.3 is 6.18 Å². The lowest BCUT2D eigenvalue weighted by molar-refractivity contribution is -0.144. The minimum atomic E-state index is -4.21. The highest BCUT2D eigenvalue weighted by Crippen LogP contribution is 2.38. The van der Waals surface area contributed by atoms with E-state index in [1.54, 1.807) is 12.1 Å². The number of hydrogen-bond donors (Lipinski definition) is 1. The summed E-state index contributed by atoms with van der Waals surface area (Å²) in [5, 5.41) is 3.03. The maximum Gasteiger partial charge on any atom is 0.408 e. The van der Waals surface area contributed by atoms with Crippen LogP contribution in [0.25, 0.3) is 0 Å². The second-order valence-corrected chi connectivity index (χ2v) is 4.99. The first-order valence-corrected chi connectivity index (χ1v) is 5.86. The number of rotatable bonds is 0. The number of alkyl halides is 3. The lowest BCUT2D eigenvalue weighted by Gasteiger charge is -2.29. The lowest BCUT2D eigenvalue weighted by Crippen LogP contribution is -2.39. The third-order valence-electron chi connectivity index (χ3n) is 2.55. The molecular formula is C10H8BrClF3N. The zero-order chi connectivity index (χ0) is 11.9. The first kappa shape index (κ1) is 12.0. The molecule has 1 N–H and O–H groups in total. The van der Waals surface area contributed by atoms with Crippen LogP contribution >= 0.6 is 27.5 Å². The van der Waals surface area contributed by atoms with E-state index in [0.29, 0.717) is 21.6 Å². The number of halogens is 5. The highest BCUT2D eigenvalue weighted by Gasteiger charge is 2.41. The normalized spacial score (nSPS) is 20.2. The van der Waals surface area contributed by atoms with Gasteiger partial charge in [0.2, 0.25) is 0 Å². The van der Waals surface area contributed by atoms with Gasteiger partial charge in [-0.3, -0.25) is 0 Å². The van der Waals surface area contributed by atoms with Crippen molar-refractivity contribution in [1.29, 1.82) is 0 Å². The zero-order valence-corrected chi connectivity index (χ0v) is 10.4. The number of fused-ring (bicyclic) bond motifs is 1. The number of hydrogen-bond acceptors (Lipinski definition) is 1.